The molecule has 0 spiro atoms. The molecule has 2 aliphatic rings. The van der Waals surface area contributed by atoms with Crippen LogP contribution >= 0.6 is 11.3 Å². The third-order valence-electron chi connectivity index (χ3n) is 4.26. The highest BCUT2D eigenvalue weighted by Gasteiger charge is 2.48. The van der Waals surface area contributed by atoms with Crippen LogP contribution in [-0.4, -0.2) is 17.1 Å². The topological polar surface area (TPSA) is 54.0 Å². The molecule has 4 rings (SSSR count). The summed E-state index contributed by atoms with van der Waals surface area (Å²) in [5, 5.41) is 9.02. The molecule has 2 heterocycles. The first-order chi connectivity index (χ1) is 9.31. The van der Waals surface area contributed by atoms with Crippen molar-refractivity contribution in [2.45, 2.75) is 25.3 Å². The predicted molar refractivity (Wildman–Crippen MR) is 76.4 cm³/mol. The second kappa shape index (κ2) is 4.20. The molecule has 0 aromatic carbocycles. The van der Waals surface area contributed by atoms with E-state index in [1.165, 1.54) is 12.8 Å². The van der Waals surface area contributed by atoms with E-state index in [1.807, 2.05) is 17.5 Å². The number of pyridine rings is 1. The van der Waals surface area contributed by atoms with Gasteiger partial charge in [-0.3, -0.25) is 0 Å². The van der Waals surface area contributed by atoms with Gasteiger partial charge in [0, 0.05) is 23.0 Å². The van der Waals surface area contributed by atoms with Crippen LogP contribution in [0.25, 0.3) is 10.2 Å². The molecule has 4 nitrogen and oxygen atoms in total. The molecule has 2 aromatic rings. The Labute approximate surface area is 115 Å². The molecule has 0 radical (unpaired) electrons. The lowest BCUT2D eigenvalue weighted by atomic mass is 10.2. The number of aromatic nitrogens is 1. The van der Waals surface area contributed by atoms with E-state index in [4.69, 9.17) is 0 Å². The molecule has 2 amide bonds. The third kappa shape index (κ3) is 1.98. The van der Waals surface area contributed by atoms with Gasteiger partial charge in [0.1, 0.15) is 4.83 Å². The lowest BCUT2D eigenvalue weighted by molar-refractivity contribution is 0.247. The van der Waals surface area contributed by atoms with Gasteiger partial charge in [0.05, 0.1) is 5.69 Å². The van der Waals surface area contributed by atoms with E-state index in [0.29, 0.717) is 6.04 Å². The van der Waals surface area contributed by atoms with Crippen molar-refractivity contribution in [3.63, 3.8) is 0 Å². The van der Waals surface area contributed by atoms with Gasteiger partial charge < -0.3 is 10.6 Å². The van der Waals surface area contributed by atoms with Crippen LogP contribution in [0.15, 0.2) is 23.7 Å². The Morgan fingerprint density at radius 1 is 1.42 bits per heavy atom. The van der Waals surface area contributed by atoms with E-state index in [1.54, 1.807) is 17.5 Å². The SMILES string of the molecule is O=C(Nc1csc2ncccc12)NC1CCC2CC21. The van der Waals surface area contributed by atoms with Crippen LogP contribution in [-0.2, 0) is 0 Å². The van der Waals surface area contributed by atoms with Crippen molar-refractivity contribution in [3.8, 4) is 0 Å². The largest absolute Gasteiger partial charge is 0.335 e. The average molecular weight is 273 g/mol. The number of carbonyl (C=O) groups excluding carboxylic acids is 1. The molecule has 2 fully saturated rings. The number of hydrogen-bond acceptors (Lipinski definition) is 3. The molecule has 98 valence electrons. The van der Waals surface area contributed by atoms with E-state index >= 15 is 0 Å². The van der Waals surface area contributed by atoms with E-state index in [2.05, 4.69) is 15.6 Å². The molecule has 2 aromatic heterocycles. The summed E-state index contributed by atoms with van der Waals surface area (Å²) in [7, 11) is 0. The summed E-state index contributed by atoms with van der Waals surface area (Å²) >= 11 is 1.55. The number of nitrogens with zero attached hydrogens (tertiary/aromatic N) is 1. The Morgan fingerprint density at radius 2 is 2.37 bits per heavy atom. The monoisotopic (exact) mass is 273 g/mol. The van der Waals surface area contributed by atoms with Gasteiger partial charge >= 0.3 is 6.03 Å². The normalized spacial score (nSPS) is 28.1. The van der Waals surface area contributed by atoms with Crippen LogP contribution in [0.4, 0.5) is 10.5 Å². The summed E-state index contributed by atoms with van der Waals surface area (Å²) in [6, 6.07) is 4.18. The molecule has 0 aliphatic heterocycles. The van der Waals surface area contributed by atoms with Gasteiger partial charge in [0.2, 0.25) is 0 Å². The molecule has 2 saturated carbocycles. The number of carbonyl (C=O) groups is 1. The maximum absolute atomic E-state index is 12.0. The predicted octanol–water partition coefficient (Wildman–Crippen LogP) is 3.22. The Hall–Kier alpha value is -1.62. The third-order valence-corrected chi connectivity index (χ3v) is 5.16. The molecular weight excluding hydrogens is 258 g/mol. The smallest absolute Gasteiger partial charge is 0.319 e. The minimum atomic E-state index is -0.0823. The Morgan fingerprint density at radius 3 is 3.16 bits per heavy atom. The van der Waals surface area contributed by atoms with E-state index in [9.17, 15) is 4.79 Å². The van der Waals surface area contributed by atoms with Gasteiger partial charge in [0.15, 0.2) is 0 Å². The fourth-order valence-corrected chi connectivity index (χ4v) is 4.02. The summed E-state index contributed by atoms with van der Waals surface area (Å²) in [5.74, 6) is 1.63. The number of urea groups is 1. The van der Waals surface area contributed by atoms with Crippen LogP contribution in [0.1, 0.15) is 19.3 Å². The van der Waals surface area contributed by atoms with Crippen LogP contribution < -0.4 is 10.6 Å². The lowest BCUT2D eigenvalue weighted by Gasteiger charge is -2.14. The molecule has 2 aliphatic carbocycles. The van der Waals surface area contributed by atoms with Crippen molar-refractivity contribution < 1.29 is 4.79 Å². The molecule has 0 bridgehead atoms. The number of thiophene rings is 1. The second-order valence-electron chi connectivity index (χ2n) is 5.45. The average Bonchev–Trinajstić information content (AvgIpc) is 2.95. The first-order valence-corrected chi connectivity index (χ1v) is 7.59. The number of anilines is 1. The van der Waals surface area contributed by atoms with Crippen molar-refractivity contribution >= 4 is 33.3 Å². The van der Waals surface area contributed by atoms with E-state index < -0.39 is 0 Å². The van der Waals surface area contributed by atoms with Gasteiger partial charge in [-0.2, -0.15) is 0 Å². The van der Waals surface area contributed by atoms with Crippen LogP contribution in [0.3, 0.4) is 0 Å². The fraction of sp³-hybridized carbons (Fsp3) is 0.429. The number of fused-ring (bicyclic) bond motifs is 2. The molecule has 0 saturated heterocycles. The van der Waals surface area contributed by atoms with Gasteiger partial charge in [-0.1, -0.05) is 0 Å². The Balaban J connectivity index is 1.47. The van der Waals surface area contributed by atoms with Crippen LogP contribution in [0.5, 0.6) is 0 Å². The zero-order valence-corrected chi connectivity index (χ0v) is 11.2. The van der Waals surface area contributed by atoms with Crippen molar-refractivity contribution in [3.05, 3.63) is 23.7 Å². The van der Waals surface area contributed by atoms with Crippen LogP contribution in [0.2, 0.25) is 0 Å². The summed E-state index contributed by atoms with van der Waals surface area (Å²) in [6.07, 6.45) is 5.49. The van der Waals surface area contributed by atoms with Crippen molar-refractivity contribution in [2.75, 3.05) is 5.32 Å². The minimum absolute atomic E-state index is 0.0823. The number of hydrogen-bond donors (Lipinski definition) is 2. The summed E-state index contributed by atoms with van der Waals surface area (Å²) in [5.41, 5.74) is 0.857. The summed E-state index contributed by atoms with van der Waals surface area (Å²) < 4.78 is 0. The van der Waals surface area contributed by atoms with Gasteiger partial charge in [-0.05, 0) is 43.2 Å². The number of amides is 2. The molecule has 2 N–H and O–H groups in total. The van der Waals surface area contributed by atoms with E-state index in [-0.39, 0.29) is 6.03 Å². The van der Waals surface area contributed by atoms with Crippen molar-refractivity contribution in [1.29, 1.82) is 0 Å². The molecular formula is C14H15N3OS. The Kier molecular flexibility index (Phi) is 2.48. The number of nitrogens with one attached hydrogen (secondary N) is 2. The standard InChI is InChI=1S/C14H15N3OS/c18-14(16-11-4-3-8-6-10(8)11)17-12-7-19-13-9(12)2-1-5-15-13/h1-2,5,7-8,10-11H,3-4,6H2,(H2,16,17,18). The molecule has 19 heavy (non-hydrogen) atoms. The zero-order chi connectivity index (χ0) is 12.8. The second-order valence-corrected chi connectivity index (χ2v) is 6.31. The Bertz CT molecular complexity index is 638. The maximum atomic E-state index is 12.0. The van der Waals surface area contributed by atoms with E-state index in [0.717, 1.165) is 34.2 Å². The van der Waals surface area contributed by atoms with Gasteiger partial charge in [-0.25, -0.2) is 9.78 Å². The molecule has 3 atom stereocenters. The molecule has 5 heteroatoms. The van der Waals surface area contributed by atoms with Gasteiger partial charge in [-0.15, -0.1) is 11.3 Å². The zero-order valence-electron chi connectivity index (χ0n) is 10.4. The van der Waals surface area contributed by atoms with Gasteiger partial charge in [0.25, 0.3) is 0 Å². The van der Waals surface area contributed by atoms with Crippen molar-refractivity contribution in [1.82, 2.24) is 10.3 Å². The summed E-state index contributed by atoms with van der Waals surface area (Å²) in [6.45, 7) is 0. The molecule has 3 unspecified atom stereocenters. The van der Waals surface area contributed by atoms with Crippen molar-refractivity contribution in [2.24, 2.45) is 11.8 Å². The maximum Gasteiger partial charge on any atom is 0.319 e. The summed E-state index contributed by atoms with van der Waals surface area (Å²) in [4.78, 5) is 17.3. The first-order valence-electron chi connectivity index (χ1n) is 6.71. The minimum Gasteiger partial charge on any atom is -0.335 e. The highest BCUT2D eigenvalue weighted by molar-refractivity contribution is 7.17. The highest BCUT2D eigenvalue weighted by Crippen LogP contribution is 2.51. The lowest BCUT2D eigenvalue weighted by Crippen LogP contribution is -2.38. The van der Waals surface area contributed by atoms with Crippen LogP contribution in [0, 0.1) is 11.8 Å². The first kappa shape index (κ1) is 11.2. The quantitative estimate of drug-likeness (QED) is 0.882. The highest BCUT2D eigenvalue weighted by atomic mass is 32.1. The fourth-order valence-electron chi connectivity index (χ4n) is 3.17. The number of rotatable bonds is 2.